The molecule has 1 aliphatic carbocycles. The molecule has 4 atom stereocenters. The van der Waals surface area contributed by atoms with Crippen LogP contribution in [0.4, 0.5) is 13.2 Å². The van der Waals surface area contributed by atoms with Gasteiger partial charge >= 0.3 is 6.18 Å². The topological polar surface area (TPSA) is 0 Å². The average Bonchev–Trinajstić information content (AvgIpc) is 2.91. The largest absolute Gasteiger partial charge is 0.413 e. The van der Waals surface area contributed by atoms with Gasteiger partial charge < -0.3 is 0 Å². The molecule has 30 heavy (non-hydrogen) atoms. The van der Waals surface area contributed by atoms with Crippen molar-refractivity contribution in [1.29, 1.82) is 0 Å². The van der Waals surface area contributed by atoms with Crippen LogP contribution in [0.5, 0.6) is 0 Å². The van der Waals surface area contributed by atoms with E-state index in [4.69, 9.17) is 0 Å². The Bertz CT molecular complexity index is 560. The maximum absolute atomic E-state index is 11.8. The van der Waals surface area contributed by atoms with E-state index in [-0.39, 0.29) is 0 Å². The van der Waals surface area contributed by atoms with Crippen molar-refractivity contribution >= 4 is 12.6 Å². The van der Waals surface area contributed by atoms with E-state index in [0.717, 1.165) is 18.8 Å². The zero-order valence-electron chi connectivity index (χ0n) is 20.4. The van der Waals surface area contributed by atoms with Crippen LogP contribution in [0.25, 0.3) is 0 Å². The van der Waals surface area contributed by atoms with Crippen molar-refractivity contribution in [3.8, 4) is 11.8 Å². The maximum Gasteiger partial charge on any atom is 0.413 e. The van der Waals surface area contributed by atoms with Gasteiger partial charge in [-0.15, -0.1) is 12.5 Å². The summed E-state index contributed by atoms with van der Waals surface area (Å²) in [5, 5.41) is 0. The highest BCUT2D eigenvalue weighted by atomic mass is 32.1. The van der Waals surface area contributed by atoms with Gasteiger partial charge in [0.1, 0.15) is 0 Å². The van der Waals surface area contributed by atoms with E-state index in [9.17, 15) is 13.2 Å². The van der Waals surface area contributed by atoms with Gasteiger partial charge in [0.05, 0.1) is 0 Å². The number of thiol groups is 1. The van der Waals surface area contributed by atoms with Crippen molar-refractivity contribution < 1.29 is 13.2 Å². The third-order valence-corrected chi connectivity index (χ3v) is 6.97. The second-order valence-electron chi connectivity index (χ2n) is 10.5. The van der Waals surface area contributed by atoms with Gasteiger partial charge in [-0.2, -0.15) is 25.8 Å². The summed E-state index contributed by atoms with van der Waals surface area (Å²) < 4.78 is 33.3. The highest BCUT2D eigenvalue weighted by molar-refractivity contribution is 7.82. The lowest BCUT2D eigenvalue weighted by Crippen LogP contribution is -2.34. The third-order valence-electron chi connectivity index (χ3n) is 6.61. The summed E-state index contributed by atoms with van der Waals surface area (Å²) in [6, 6.07) is 0. The molecular weight excluding hydrogens is 401 g/mol. The van der Waals surface area contributed by atoms with Crippen molar-refractivity contribution in [2.75, 3.05) is 0 Å². The molecule has 1 fully saturated rings. The summed E-state index contributed by atoms with van der Waals surface area (Å²) in [7, 11) is 0. The summed E-state index contributed by atoms with van der Waals surface area (Å²) >= 11 is 3.35. The molecule has 4 unspecified atom stereocenters. The number of hydrogen-bond acceptors (Lipinski definition) is 1. The molecule has 0 aromatic rings. The molecule has 1 saturated carbocycles. The van der Waals surface area contributed by atoms with Crippen molar-refractivity contribution in [1.82, 2.24) is 0 Å². The van der Waals surface area contributed by atoms with Gasteiger partial charge in [-0.3, -0.25) is 0 Å². The minimum atomic E-state index is -4.36. The molecule has 0 saturated heterocycles. The predicted octanol–water partition coefficient (Wildman–Crippen LogP) is 9.26. The van der Waals surface area contributed by atoms with Gasteiger partial charge in [-0.05, 0) is 68.6 Å². The molecule has 0 bridgehead atoms. The Hall–Kier alpha value is -0.560. The highest BCUT2D eigenvalue weighted by Gasteiger charge is 2.47. The zero-order valence-corrected chi connectivity index (χ0v) is 21.3. The first-order chi connectivity index (χ1) is 13.6. The molecule has 1 aliphatic rings. The fourth-order valence-corrected chi connectivity index (χ4v) is 4.62. The lowest BCUT2D eigenvalue weighted by atomic mass is 9.69. The smallest absolute Gasteiger partial charge is 0.168 e. The summed E-state index contributed by atoms with van der Waals surface area (Å²) in [5.74, 6) is 5.83. The van der Waals surface area contributed by atoms with Crippen molar-refractivity contribution in [3.63, 3.8) is 0 Å². The first-order valence-corrected chi connectivity index (χ1v) is 11.9. The lowest BCUT2D eigenvalue weighted by molar-refractivity contribution is -0.141. The molecule has 0 spiro atoms. The van der Waals surface area contributed by atoms with Crippen molar-refractivity contribution in [2.45, 2.75) is 117 Å². The second-order valence-corrected chi connectivity index (χ2v) is 11.4. The summed E-state index contributed by atoms with van der Waals surface area (Å²) in [4.78, 5) is 0. The molecule has 0 aliphatic heterocycles. The zero-order chi connectivity index (χ0) is 23.6. The van der Waals surface area contributed by atoms with Crippen molar-refractivity contribution in [2.24, 2.45) is 22.7 Å². The van der Waals surface area contributed by atoms with E-state index in [1.807, 2.05) is 5.92 Å². The Labute approximate surface area is 190 Å². The quantitative estimate of drug-likeness (QED) is 0.163. The van der Waals surface area contributed by atoms with Gasteiger partial charge in [-0.25, -0.2) is 0 Å². The van der Waals surface area contributed by atoms with Gasteiger partial charge in [0, 0.05) is 0 Å². The van der Waals surface area contributed by atoms with E-state index in [1.165, 1.54) is 64.7 Å². The summed E-state index contributed by atoms with van der Waals surface area (Å²) in [5.41, 5.74) is 1.05. The van der Waals surface area contributed by atoms with Gasteiger partial charge in [0.25, 0.3) is 0 Å². The first kappa shape index (κ1) is 29.4. The predicted molar refractivity (Wildman–Crippen MR) is 129 cm³/mol. The minimum absolute atomic E-state index is 0.505. The molecule has 4 heteroatoms. The Morgan fingerprint density at radius 1 is 1.10 bits per heavy atom. The van der Waals surface area contributed by atoms with Crippen LogP contribution in [0.1, 0.15) is 106 Å². The molecule has 0 aromatic heterocycles. The van der Waals surface area contributed by atoms with Crippen LogP contribution in [0.3, 0.4) is 0 Å². The Balaban J connectivity index is 0.000000710. The van der Waals surface area contributed by atoms with E-state index < -0.39 is 10.9 Å². The van der Waals surface area contributed by atoms with Gasteiger partial charge in [0.2, 0.25) is 0 Å². The Morgan fingerprint density at radius 2 is 1.70 bits per heavy atom. The molecular formula is C26H45F3S. The van der Waals surface area contributed by atoms with Gasteiger partial charge in [-0.1, -0.05) is 72.3 Å². The highest BCUT2D eigenvalue weighted by Crippen LogP contribution is 2.53. The van der Waals surface area contributed by atoms with E-state index in [2.05, 4.69) is 65.8 Å². The van der Waals surface area contributed by atoms with Crippen LogP contribution in [-0.4, -0.2) is 10.9 Å². The Kier molecular flexibility index (Phi) is 12.2. The fourth-order valence-electron chi connectivity index (χ4n) is 4.51. The van der Waals surface area contributed by atoms with Gasteiger partial charge in [0.15, 0.2) is 4.75 Å². The normalized spacial score (nSPS) is 26.1. The van der Waals surface area contributed by atoms with Crippen molar-refractivity contribution in [3.05, 3.63) is 12.7 Å². The van der Waals surface area contributed by atoms with Crippen LogP contribution in [0, 0.1) is 34.5 Å². The number of allylic oxidation sites excluding steroid dienone is 1. The maximum atomic E-state index is 11.8. The third kappa shape index (κ3) is 9.71. The number of rotatable bonds is 8. The standard InChI is InChI=1S/C20H38.C6H7F3S/c1-7-9-16-20(6)17(8-2)13-14-18(20)12-10-11-15-19(3,4)5;1-3-4-5(2,10)6(7,8)9/h8,17-18H,2,7,9-16H2,1,3-6H3;10H,1-2H3. The molecule has 0 amide bonds. The molecule has 0 nitrogen and oxygen atoms in total. The molecule has 176 valence electrons. The monoisotopic (exact) mass is 446 g/mol. The van der Waals surface area contributed by atoms with Crippen LogP contribution in [0.2, 0.25) is 0 Å². The molecule has 0 N–H and O–H groups in total. The second kappa shape index (κ2) is 12.5. The van der Waals surface area contributed by atoms with E-state index in [0.29, 0.717) is 10.8 Å². The number of alkyl halides is 3. The number of unbranched alkanes of at least 4 members (excludes halogenated alkanes) is 2. The lowest BCUT2D eigenvalue weighted by Gasteiger charge is -2.36. The van der Waals surface area contributed by atoms with Crippen LogP contribution >= 0.6 is 12.6 Å². The first-order valence-electron chi connectivity index (χ1n) is 11.5. The van der Waals surface area contributed by atoms with E-state index >= 15 is 0 Å². The SMILES string of the molecule is C=CC1CCC(CCCCC(C)(C)C)C1(C)CCCC.CC#CC(C)(S)C(F)(F)F. The van der Waals surface area contributed by atoms with Crippen LogP contribution < -0.4 is 0 Å². The fraction of sp³-hybridized carbons (Fsp3) is 0.846. The average molecular weight is 447 g/mol. The summed E-state index contributed by atoms with van der Waals surface area (Å²) in [6.45, 7) is 18.3. The molecule has 0 heterocycles. The van der Waals surface area contributed by atoms with E-state index in [1.54, 1.807) is 0 Å². The van der Waals surface area contributed by atoms with Crippen LogP contribution in [0.15, 0.2) is 12.7 Å². The Morgan fingerprint density at radius 3 is 2.10 bits per heavy atom. The summed E-state index contributed by atoms with van der Waals surface area (Å²) in [6.07, 6.45) is 10.5. The molecule has 0 aromatic carbocycles. The molecule has 1 rings (SSSR count). The van der Waals surface area contributed by atoms with Crippen LogP contribution in [-0.2, 0) is 0 Å². The number of hydrogen-bond donors (Lipinski definition) is 1. The minimum Gasteiger partial charge on any atom is -0.168 e. The number of halogens is 3. The molecule has 0 radical (unpaired) electrons.